The van der Waals surface area contributed by atoms with Crippen LogP contribution in [-0.2, 0) is 4.79 Å². The minimum Gasteiger partial charge on any atom is -0.370 e. The van der Waals surface area contributed by atoms with Gasteiger partial charge in [-0.3, -0.25) is 4.79 Å². The Bertz CT molecular complexity index is 741. The van der Waals surface area contributed by atoms with Gasteiger partial charge in [-0.2, -0.15) is 0 Å². The van der Waals surface area contributed by atoms with Crippen LogP contribution in [0.1, 0.15) is 44.1 Å². The van der Waals surface area contributed by atoms with Crippen molar-refractivity contribution in [2.24, 2.45) is 0 Å². The van der Waals surface area contributed by atoms with Crippen molar-refractivity contribution < 1.29 is 4.79 Å². The Kier molecular flexibility index (Phi) is 6.19. The molecule has 0 atom stereocenters. The minimum absolute atomic E-state index is 0.140. The molecule has 1 aromatic carbocycles. The van der Waals surface area contributed by atoms with Crippen LogP contribution in [0.15, 0.2) is 29.2 Å². The van der Waals surface area contributed by atoms with E-state index in [4.69, 9.17) is 4.98 Å². The van der Waals surface area contributed by atoms with Gasteiger partial charge in [0.2, 0.25) is 5.91 Å². The van der Waals surface area contributed by atoms with E-state index in [1.807, 2.05) is 0 Å². The first-order valence-electron chi connectivity index (χ1n) is 9.14. The van der Waals surface area contributed by atoms with Gasteiger partial charge in [0.1, 0.15) is 5.82 Å². The number of carbonyl (C=O) groups excluding carboxylic acids is 1. The SMILES string of the molecule is CSc1ccc2c(C)cc(NCCC(=O)NC3CCCCC3)nc2c1. The Labute approximate surface area is 154 Å². The van der Waals surface area contributed by atoms with Gasteiger partial charge in [-0.15, -0.1) is 11.8 Å². The monoisotopic (exact) mass is 357 g/mol. The smallest absolute Gasteiger partial charge is 0.221 e. The van der Waals surface area contributed by atoms with E-state index in [-0.39, 0.29) is 5.91 Å². The average Bonchev–Trinajstić information content (AvgIpc) is 2.62. The number of nitrogens with zero attached hydrogens (tertiary/aromatic N) is 1. The molecule has 1 aliphatic rings. The molecule has 2 N–H and O–H groups in total. The second-order valence-electron chi connectivity index (χ2n) is 6.79. The van der Waals surface area contributed by atoms with Crippen molar-refractivity contribution in [2.45, 2.75) is 56.4 Å². The molecular formula is C20H27N3OS. The van der Waals surface area contributed by atoms with Crippen molar-refractivity contribution in [3.8, 4) is 0 Å². The predicted molar refractivity (Wildman–Crippen MR) is 106 cm³/mol. The largest absolute Gasteiger partial charge is 0.370 e. The molecule has 1 aromatic heterocycles. The summed E-state index contributed by atoms with van der Waals surface area (Å²) in [5.41, 5.74) is 2.20. The first-order chi connectivity index (χ1) is 12.2. The van der Waals surface area contributed by atoms with Crippen LogP contribution in [0, 0.1) is 6.92 Å². The average molecular weight is 358 g/mol. The molecule has 1 heterocycles. The summed E-state index contributed by atoms with van der Waals surface area (Å²) < 4.78 is 0. The molecule has 4 nitrogen and oxygen atoms in total. The quantitative estimate of drug-likeness (QED) is 0.747. The van der Waals surface area contributed by atoms with Crippen LogP contribution in [0.5, 0.6) is 0 Å². The summed E-state index contributed by atoms with van der Waals surface area (Å²) in [5, 5.41) is 7.64. The number of fused-ring (bicyclic) bond motifs is 1. The van der Waals surface area contributed by atoms with Crippen LogP contribution < -0.4 is 10.6 Å². The number of aryl methyl sites for hydroxylation is 1. The number of hydrogen-bond donors (Lipinski definition) is 2. The van der Waals surface area contributed by atoms with Gasteiger partial charge in [0.25, 0.3) is 0 Å². The van der Waals surface area contributed by atoms with Crippen molar-refractivity contribution in [3.63, 3.8) is 0 Å². The fourth-order valence-electron chi connectivity index (χ4n) is 3.45. The summed E-state index contributed by atoms with van der Waals surface area (Å²) in [4.78, 5) is 18.0. The summed E-state index contributed by atoms with van der Waals surface area (Å²) in [7, 11) is 0. The van der Waals surface area contributed by atoms with Gasteiger partial charge in [-0.05, 0) is 49.8 Å². The van der Waals surface area contributed by atoms with Gasteiger partial charge < -0.3 is 10.6 Å². The van der Waals surface area contributed by atoms with Gasteiger partial charge in [-0.25, -0.2) is 4.98 Å². The normalized spacial score (nSPS) is 15.3. The highest BCUT2D eigenvalue weighted by Crippen LogP contribution is 2.25. The molecule has 0 saturated heterocycles. The van der Waals surface area contributed by atoms with Crippen molar-refractivity contribution >= 4 is 34.4 Å². The molecule has 0 spiro atoms. The zero-order chi connectivity index (χ0) is 17.6. The second-order valence-corrected chi connectivity index (χ2v) is 7.67. The maximum atomic E-state index is 12.1. The highest BCUT2D eigenvalue weighted by molar-refractivity contribution is 7.98. The lowest BCUT2D eigenvalue weighted by molar-refractivity contribution is -0.121. The molecule has 1 fully saturated rings. The van der Waals surface area contributed by atoms with E-state index in [1.54, 1.807) is 11.8 Å². The van der Waals surface area contributed by atoms with Crippen LogP contribution >= 0.6 is 11.8 Å². The molecule has 25 heavy (non-hydrogen) atoms. The zero-order valence-corrected chi connectivity index (χ0v) is 15.9. The van der Waals surface area contributed by atoms with E-state index in [9.17, 15) is 4.79 Å². The Morgan fingerprint density at radius 1 is 1.24 bits per heavy atom. The first-order valence-corrected chi connectivity index (χ1v) is 10.4. The van der Waals surface area contributed by atoms with E-state index in [0.717, 1.165) is 24.2 Å². The number of anilines is 1. The summed E-state index contributed by atoms with van der Waals surface area (Å²) in [6.07, 6.45) is 8.59. The Morgan fingerprint density at radius 3 is 2.80 bits per heavy atom. The van der Waals surface area contributed by atoms with Crippen LogP contribution in [0.25, 0.3) is 10.9 Å². The van der Waals surface area contributed by atoms with Gasteiger partial charge in [-0.1, -0.05) is 25.3 Å². The number of thioether (sulfide) groups is 1. The van der Waals surface area contributed by atoms with E-state index in [0.29, 0.717) is 19.0 Å². The summed E-state index contributed by atoms with van der Waals surface area (Å²) in [5.74, 6) is 0.982. The summed E-state index contributed by atoms with van der Waals surface area (Å²) in [6, 6.07) is 8.82. The highest BCUT2D eigenvalue weighted by Gasteiger charge is 2.15. The third-order valence-electron chi connectivity index (χ3n) is 4.85. The number of carbonyl (C=O) groups is 1. The lowest BCUT2D eigenvalue weighted by Gasteiger charge is -2.22. The van der Waals surface area contributed by atoms with Crippen molar-refractivity contribution in [1.82, 2.24) is 10.3 Å². The van der Waals surface area contributed by atoms with E-state index >= 15 is 0 Å². The van der Waals surface area contributed by atoms with E-state index in [2.05, 4.69) is 48.1 Å². The topological polar surface area (TPSA) is 54.0 Å². The van der Waals surface area contributed by atoms with Gasteiger partial charge in [0.15, 0.2) is 0 Å². The molecular weight excluding hydrogens is 330 g/mol. The number of rotatable bonds is 6. The van der Waals surface area contributed by atoms with Gasteiger partial charge in [0, 0.05) is 29.3 Å². The zero-order valence-electron chi connectivity index (χ0n) is 15.1. The number of nitrogens with one attached hydrogen (secondary N) is 2. The molecule has 0 aliphatic heterocycles. The van der Waals surface area contributed by atoms with Crippen LogP contribution in [0.4, 0.5) is 5.82 Å². The number of hydrogen-bond acceptors (Lipinski definition) is 4. The lowest BCUT2D eigenvalue weighted by Crippen LogP contribution is -2.36. The number of pyridine rings is 1. The molecule has 134 valence electrons. The molecule has 1 aliphatic carbocycles. The van der Waals surface area contributed by atoms with Crippen molar-refractivity contribution in [1.29, 1.82) is 0 Å². The molecule has 1 amide bonds. The number of amides is 1. The predicted octanol–water partition coefficient (Wildman–Crippen LogP) is 4.52. The highest BCUT2D eigenvalue weighted by atomic mass is 32.2. The molecule has 0 radical (unpaired) electrons. The molecule has 1 saturated carbocycles. The Balaban J connectivity index is 1.56. The molecule has 2 aromatic rings. The fraction of sp³-hybridized carbons (Fsp3) is 0.500. The Morgan fingerprint density at radius 2 is 2.04 bits per heavy atom. The third-order valence-corrected chi connectivity index (χ3v) is 5.58. The van der Waals surface area contributed by atoms with E-state index < -0.39 is 0 Å². The minimum atomic E-state index is 0.140. The fourth-order valence-corrected chi connectivity index (χ4v) is 3.88. The van der Waals surface area contributed by atoms with Gasteiger partial charge >= 0.3 is 0 Å². The number of aromatic nitrogens is 1. The molecule has 5 heteroatoms. The first kappa shape index (κ1) is 18.1. The molecule has 0 bridgehead atoms. The van der Waals surface area contributed by atoms with Crippen LogP contribution in [-0.4, -0.2) is 29.7 Å². The third kappa shape index (κ3) is 4.88. The van der Waals surface area contributed by atoms with Gasteiger partial charge in [0.05, 0.1) is 5.52 Å². The van der Waals surface area contributed by atoms with Crippen molar-refractivity contribution in [3.05, 3.63) is 29.8 Å². The van der Waals surface area contributed by atoms with Crippen LogP contribution in [0.3, 0.4) is 0 Å². The number of benzene rings is 1. The molecule has 0 unspecified atom stereocenters. The standard InChI is InChI=1S/C20H27N3OS/c1-14-12-19(23-18-13-16(25-2)8-9-17(14)18)21-11-10-20(24)22-15-6-4-3-5-7-15/h8-9,12-13,15H,3-7,10-11H2,1-2H3,(H,21,23)(H,22,24). The van der Waals surface area contributed by atoms with E-state index in [1.165, 1.54) is 35.1 Å². The Hall–Kier alpha value is -1.75. The van der Waals surface area contributed by atoms with Crippen molar-refractivity contribution in [2.75, 3.05) is 18.1 Å². The second kappa shape index (κ2) is 8.56. The van der Waals surface area contributed by atoms with Crippen LogP contribution in [0.2, 0.25) is 0 Å². The maximum Gasteiger partial charge on any atom is 0.221 e. The molecule has 3 rings (SSSR count). The summed E-state index contributed by atoms with van der Waals surface area (Å²) in [6.45, 7) is 2.71. The lowest BCUT2D eigenvalue weighted by atomic mass is 9.95. The maximum absolute atomic E-state index is 12.1. The summed E-state index contributed by atoms with van der Waals surface area (Å²) >= 11 is 1.72.